The van der Waals surface area contributed by atoms with Crippen LogP contribution in [0.5, 0.6) is 0 Å². The van der Waals surface area contributed by atoms with Gasteiger partial charge in [-0.05, 0) is 18.4 Å². The molecule has 1 unspecified atom stereocenters. The Morgan fingerprint density at radius 1 is 0.450 bits per heavy atom. The molecule has 1 heteroatoms. The summed E-state index contributed by atoms with van der Waals surface area (Å²) < 4.78 is 1.06. The van der Waals surface area contributed by atoms with E-state index >= 15 is 0 Å². The Labute approximate surface area is 247 Å². The second-order valence-electron chi connectivity index (χ2n) is 12.5. The molecule has 1 atom stereocenters. The summed E-state index contributed by atoms with van der Waals surface area (Å²) in [5, 5.41) is 0. The van der Waals surface area contributed by atoms with Crippen LogP contribution in [-0.2, 0) is 19.5 Å². The lowest BCUT2D eigenvalue weighted by atomic mass is 9.94. The number of likely N-dealkylation sites (N-methyl/N-ethyl adjacent to an activating group) is 1. The fraction of sp³-hybridized carbons (Fsp3) is 0.538. The van der Waals surface area contributed by atoms with E-state index in [1.54, 1.807) is 0 Å². The number of nitrogens with zero attached hydrogens (tertiary/aromatic N) is 1. The van der Waals surface area contributed by atoms with Gasteiger partial charge in [-0.2, -0.15) is 0 Å². The highest BCUT2D eigenvalue weighted by Gasteiger charge is 2.33. The molecule has 1 nitrogen and oxygen atoms in total. The average molecular weight is 541 g/mol. The van der Waals surface area contributed by atoms with E-state index in [4.69, 9.17) is 0 Å². The number of quaternary nitrogens is 1. The summed E-state index contributed by atoms with van der Waals surface area (Å²) in [5.74, 6) is 0. The fourth-order valence-electron chi connectivity index (χ4n) is 6.41. The van der Waals surface area contributed by atoms with E-state index in [1.807, 2.05) is 0 Å². The van der Waals surface area contributed by atoms with Gasteiger partial charge in [-0.25, -0.2) is 0 Å². The summed E-state index contributed by atoms with van der Waals surface area (Å²) in [4.78, 5) is 0. The van der Waals surface area contributed by atoms with Crippen molar-refractivity contribution in [2.45, 2.75) is 129 Å². The maximum absolute atomic E-state index is 2.51. The molecular weight excluding hydrogens is 482 g/mol. The van der Waals surface area contributed by atoms with Crippen LogP contribution >= 0.6 is 0 Å². The zero-order valence-corrected chi connectivity index (χ0v) is 25.9. The molecule has 0 heterocycles. The zero-order chi connectivity index (χ0) is 28.1. The Morgan fingerprint density at radius 3 is 1.20 bits per heavy atom. The quantitative estimate of drug-likeness (QED) is 0.0878. The van der Waals surface area contributed by atoms with Crippen LogP contribution in [-0.4, -0.2) is 17.6 Å². The van der Waals surface area contributed by atoms with E-state index in [0.29, 0.717) is 6.04 Å². The van der Waals surface area contributed by atoms with E-state index in [-0.39, 0.29) is 0 Å². The van der Waals surface area contributed by atoms with Crippen molar-refractivity contribution < 1.29 is 4.48 Å². The van der Waals surface area contributed by atoms with Crippen LogP contribution in [0, 0.1) is 0 Å². The molecule has 3 aromatic carbocycles. The predicted molar refractivity (Wildman–Crippen MR) is 175 cm³/mol. The number of unbranched alkanes of at least 4 members (excludes halogenated alkanes) is 13. The predicted octanol–water partition coefficient (Wildman–Crippen LogP) is 11.3. The molecule has 218 valence electrons. The zero-order valence-electron chi connectivity index (χ0n) is 25.9. The molecule has 0 aromatic heterocycles. The van der Waals surface area contributed by atoms with Crippen LogP contribution < -0.4 is 0 Å². The maximum Gasteiger partial charge on any atom is 0.105 e. The number of benzene rings is 3. The molecule has 0 saturated carbocycles. The Hall–Kier alpha value is -2.38. The maximum atomic E-state index is 2.51. The molecule has 0 fully saturated rings. The molecule has 3 aromatic rings. The van der Waals surface area contributed by atoms with Gasteiger partial charge >= 0.3 is 0 Å². The molecule has 0 N–H and O–H groups in total. The van der Waals surface area contributed by atoms with E-state index in [0.717, 1.165) is 24.0 Å². The van der Waals surface area contributed by atoms with Gasteiger partial charge in [0.1, 0.15) is 13.1 Å². The Morgan fingerprint density at radius 2 is 0.800 bits per heavy atom. The van der Waals surface area contributed by atoms with Gasteiger partial charge in [0.15, 0.2) is 0 Å². The summed E-state index contributed by atoms with van der Waals surface area (Å²) in [5.41, 5.74) is 4.36. The smallest absolute Gasteiger partial charge is 0.105 e. The van der Waals surface area contributed by atoms with Crippen molar-refractivity contribution in [1.82, 2.24) is 0 Å². The number of hydrogen-bond acceptors (Lipinski definition) is 0. The van der Waals surface area contributed by atoms with Gasteiger partial charge in [0.05, 0.1) is 13.1 Å². The third-order valence-electron chi connectivity index (χ3n) is 8.86. The van der Waals surface area contributed by atoms with Crippen molar-refractivity contribution in [2.75, 3.05) is 7.05 Å². The highest BCUT2D eigenvalue weighted by molar-refractivity contribution is 5.17. The van der Waals surface area contributed by atoms with Crippen LogP contribution in [0.15, 0.2) is 91.0 Å². The van der Waals surface area contributed by atoms with Crippen molar-refractivity contribution in [3.8, 4) is 0 Å². The van der Waals surface area contributed by atoms with E-state index < -0.39 is 0 Å². The van der Waals surface area contributed by atoms with E-state index in [9.17, 15) is 0 Å². The summed E-state index contributed by atoms with van der Waals surface area (Å²) in [6.45, 7) is 4.45. The lowest BCUT2D eigenvalue weighted by molar-refractivity contribution is -0.959. The SMILES string of the molecule is CCCCCCCCCCCCCCCCC(Cc1ccccc1)[N+](C)(Cc1ccccc1)Cc1ccccc1. The lowest BCUT2D eigenvalue weighted by Gasteiger charge is -2.42. The molecular formula is C39H58N+. The minimum absolute atomic E-state index is 0.597. The first kappa shape index (κ1) is 32.1. The van der Waals surface area contributed by atoms with Gasteiger partial charge in [0.25, 0.3) is 0 Å². The largest absolute Gasteiger partial charge is 0.316 e. The first-order valence-corrected chi connectivity index (χ1v) is 16.7. The molecule has 0 amide bonds. The third-order valence-corrected chi connectivity index (χ3v) is 8.86. The molecule has 0 aliphatic heterocycles. The normalized spacial score (nSPS) is 12.4. The first-order valence-electron chi connectivity index (χ1n) is 16.7. The average Bonchev–Trinajstić information content (AvgIpc) is 2.98. The second-order valence-corrected chi connectivity index (χ2v) is 12.5. The third kappa shape index (κ3) is 12.9. The fourth-order valence-corrected chi connectivity index (χ4v) is 6.41. The van der Waals surface area contributed by atoms with Gasteiger partial charge in [-0.1, -0.05) is 181 Å². The molecule has 0 spiro atoms. The number of rotatable bonds is 22. The minimum atomic E-state index is 0.597. The van der Waals surface area contributed by atoms with Crippen molar-refractivity contribution in [2.24, 2.45) is 0 Å². The van der Waals surface area contributed by atoms with Gasteiger partial charge in [-0.3, -0.25) is 0 Å². The summed E-state index contributed by atoms with van der Waals surface area (Å²) in [7, 11) is 2.51. The first-order chi connectivity index (χ1) is 19.7. The lowest BCUT2D eigenvalue weighted by Crippen LogP contribution is -2.52. The molecule has 40 heavy (non-hydrogen) atoms. The molecule has 0 aliphatic carbocycles. The minimum Gasteiger partial charge on any atom is -0.316 e. The molecule has 0 saturated heterocycles. The topological polar surface area (TPSA) is 0 Å². The summed E-state index contributed by atoms with van der Waals surface area (Å²) in [6.07, 6.45) is 22.3. The highest BCUT2D eigenvalue weighted by Crippen LogP contribution is 2.28. The van der Waals surface area contributed by atoms with Crippen LogP contribution in [0.2, 0.25) is 0 Å². The summed E-state index contributed by atoms with van der Waals surface area (Å²) >= 11 is 0. The van der Waals surface area contributed by atoms with Crippen LogP contribution in [0.25, 0.3) is 0 Å². The molecule has 3 rings (SSSR count). The van der Waals surface area contributed by atoms with Crippen molar-refractivity contribution in [3.05, 3.63) is 108 Å². The molecule has 0 radical (unpaired) electrons. The van der Waals surface area contributed by atoms with Crippen molar-refractivity contribution in [3.63, 3.8) is 0 Å². The Kier molecular flexibility index (Phi) is 15.8. The van der Waals surface area contributed by atoms with Crippen LogP contribution in [0.3, 0.4) is 0 Å². The van der Waals surface area contributed by atoms with Crippen molar-refractivity contribution in [1.29, 1.82) is 0 Å². The number of hydrogen-bond donors (Lipinski definition) is 0. The highest BCUT2D eigenvalue weighted by atomic mass is 15.4. The Balaban J connectivity index is 1.51. The van der Waals surface area contributed by atoms with Gasteiger partial charge in [-0.15, -0.1) is 0 Å². The second kappa shape index (κ2) is 19.7. The van der Waals surface area contributed by atoms with Crippen molar-refractivity contribution >= 4 is 0 Å². The van der Waals surface area contributed by atoms with E-state index in [2.05, 4.69) is 105 Å². The molecule has 0 bridgehead atoms. The van der Waals surface area contributed by atoms with Gasteiger partial charge in [0, 0.05) is 17.5 Å². The van der Waals surface area contributed by atoms with Crippen LogP contribution in [0.4, 0.5) is 0 Å². The standard InChI is InChI=1S/C39H58N/c1-3-4-5-6-7-8-9-10-11-12-13-14-15-25-32-39(33-36-26-19-16-20-27-36)40(2,34-37-28-21-17-22-29-37)35-38-30-23-18-24-31-38/h16-24,26-31,39H,3-15,25,32-35H2,1-2H3/q+1. The van der Waals surface area contributed by atoms with Crippen LogP contribution in [0.1, 0.15) is 120 Å². The van der Waals surface area contributed by atoms with Gasteiger partial charge < -0.3 is 4.48 Å². The van der Waals surface area contributed by atoms with E-state index in [1.165, 1.54) is 113 Å². The Bertz CT molecular complexity index is 940. The monoisotopic (exact) mass is 540 g/mol. The summed E-state index contributed by atoms with van der Waals surface area (Å²) in [6, 6.07) is 34.1. The van der Waals surface area contributed by atoms with Gasteiger partial charge in [0.2, 0.25) is 0 Å². The molecule has 0 aliphatic rings.